The molecule has 0 saturated heterocycles. The van der Waals surface area contributed by atoms with Crippen molar-refractivity contribution < 1.29 is 19.1 Å². The topological polar surface area (TPSA) is 90.6 Å². The van der Waals surface area contributed by atoms with Gasteiger partial charge in [-0.2, -0.15) is 0 Å². The summed E-state index contributed by atoms with van der Waals surface area (Å²) in [5, 5.41) is 2.71. The molecule has 0 aromatic rings. The molecule has 0 aliphatic heterocycles. The lowest BCUT2D eigenvalue weighted by Crippen LogP contribution is -2.57. The summed E-state index contributed by atoms with van der Waals surface area (Å²) in [6.45, 7) is 0.128. The number of esters is 1. The van der Waals surface area contributed by atoms with Gasteiger partial charge in [-0.25, -0.2) is 4.79 Å². The molecule has 17 heavy (non-hydrogen) atoms. The Balaban J connectivity index is 2.67. The van der Waals surface area contributed by atoms with E-state index in [0.29, 0.717) is 12.8 Å². The number of rotatable bonds is 5. The van der Waals surface area contributed by atoms with Gasteiger partial charge in [0.05, 0.1) is 13.7 Å². The van der Waals surface area contributed by atoms with E-state index in [1.54, 1.807) is 0 Å². The molecule has 6 nitrogen and oxygen atoms in total. The van der Waals surface area contributed by atoms with Crippen LogP contribution in [-0.4, -0.2) is 44.3 Å². The molecule has 0 radical (unpaired) electrons. The van der Waals surface area contributed by atoms with Crippen LogP contribution in [0.2, 0.25) is 0 Å². The first-order valence-corrected chi connectivity index (χ1v) is 5.70. The third-order valence-corrected chi connectivity index (χ3v) is 3.08. The summed E-state index contributed by atoms with van der Waals surface area (Å²) in [6, 6.07) is -0.762. The minimum Gasteiger partial charge on any atom is -0.467 e. The maximum absolute atomic E-state index is 11.8. The van der Waals surface area contributed by atoms with Crippen molar-refractivity contribution in [2.75, 3.05) is 20.8 Å². The van der Waals surface area contributed by atoms with E-state index in [4.69, 9.17) is 15.2 Å². The van der Waals surface area contributed by atoms with E-state index in [1.807, 2.05) is 0 Å². The van der Waals surface area contributed by atoms with Crippen molar-refractivity contribution in [1.29, 1.82) is 0 Å². The fourth-order valence-corrected chi connectivity index (χ4v) is 2.14. The first-order chi connectivity index (χ1) is 8.05. The Hall–Kier alpha value is -1.14. The Bertz CT molecular complexity index is 287. The number of nitrogens with two attached hydrogens (primary N) is 1. The highest BCUT2D eigenvalue weighted by molar-refractivity contribution is 5.90. The second-order valence-electron chi connectivity index (χ2n) is 4.33. The third kappa shape index (κ3) is 3.17. The van der Waals surface area contributed by atoms with Gasteiger partial charge < -0.3 is 20.5 Å². The van der Waals surface area contributed by atoms with Crippen LogP contribution in [0.5, 0.6) is 0 Å². The van der Waals surface area contributed by atoms with Crippen molar-refractivity contribution in [2.45, 2.75) is 37.3 Å². The van der Waals surface area contributed by atoms with Gasteiger partial charge >= 0.3 is 5.97 Å². The third-order valence-electron chi connectivity index (χ3n) is 3.08. The van der Waals surface area contributed by atoms with E-state index in [0.717, 1.165) is 12.8 Å². The Labute approximate surface area is 101 Å². The molecule has 1 unspecified atom stereocenters. The monoisotopic (exact) mass is 244 g/mol. The van der Waals surface area contributed by atoms with E-state index in [2.05, 4.69) is 5.32 Å². The maximum atomic E-state index is 11.8. The minimum absolute atomic E-state index is 0.128. The number of carbonyl (C=O) groups is 2. The van der Waals surface area contributed by atoms with Crippen molar-refractivity contribution in [2.24, 2.45) is 5.73 Å². The number of hydrogen-bond acceptors (Lipinski definition) is 5. The highest BCUT2D eigenvalue weighted by atomic mass is 16.5. The van der Waals surface area contributed by atoms with Crippen LogP contribution in [0.4, 0.5) is 0 Å². The van der Waals surface area contributed by atoms with Crippen molar-refractivity contribution in [3.05, 3.63) is 0 Å². The summed E-state index contributed by atoms with van der Waals surface area (Å²) >= 11 is 0. The molecule has 1 aliphatic rings. The van der Waals surface area contributed by atoms with E-state index in [-0.39, 0.29) is 12.5 Å². The summed E-state index contributed by atoms with van der Waals surface area (Å²) in [4.78, 5) is 23.5. The lowest BCUT2D eigenvalue weighted by molar-refractivity contribution is -0.151. The molecule has 98 valence electrons. The lowest BCUT2D eigenvalue weighted by atomic mass is 9.97. The van der Waals surface area contributed by atoms with Gasteiger partial charge in [0, 0.05) is 7.11 Å². The fraction of sp³-hybridized carbons (Fsp3) is 0.818. The predicted molar refractivity (Wildman–Crippen MR) is 61.2 cm³/mol. The second kappa shape index (κ2) is 5.97. The van der Waals surface area contributed by atoms with Crippen LogP contribution >= 0.6 is 0 Å². The smallest absolute Gasteiger partial charge is 0.331 e. The Kier molecular flexibility index (Phi) is 4.89. The van der Waals surface area contributed by atoms with Gasteiger partial charge in [-0.15, -0.1) is 0 Å². The van der Waals surface area contributed by atoms with E-state index in [9.17, 15) is 9.59 Å². The first-order valence-electron chi connectivity index (χ1n) is 5.70. The molecular formula is C11H20N2O4. The predicted octanol–water partition coefficient (Wildman–Crippen LogP) is -0.438. The lowest BCUT2D eigenvalue weighted by Gasteiger charge is -2.28. The molecule has 6 heteroatoms. The zero-order chi connectivity index (χ0) is 12.9. The molecular weight excluding hydrogens is 224 g/mol. The molecule has 0 aromatic carbocycles. The molecule has 0 aromatic heterocycles. The molecule has 0 bridgehead atoms. The highest BCUT2D eigenvalue weighted by Crippen LogP contribution is 2.30. The number of amides is 1. The fourth-order valence-electron chi connectivity index (χ4n) is 2.14. The van der Waals surface area contributed by atoms with Crippen LogP contribution < -0.4 is 11.1 Å². The molecule has 1 rings (SSSR count). The maximum Gasteiger partial charge on any atom is 0.331 e. The van der Waals surface area contributed by atoms with E-state index in [1.165, 1.54) is 14.2 Å². The standard InChI is InChI=1S/C11H20N2O4/c1-16-7-8(12)9(14)13-11(10(15)17-2)5-3-4-6-11/h8H,3-7,12H2,1-2H3,(H,13,14). The van der Waals surface area contributed by atoms with Gasteiger partial charge in [0.2, 0.25) is 5.91 Å². The van der Waals surface area contributed by atoms with E-state index < -0.39 is 17.6 Å². The number of methoxy groups -OCH3 is 2. The molecule has 0 heterocycles. The Morgan fingerprint density at radius 2 is 1.94 bits per heavy atom. The number of carbonyl (C=O) groups excluding carboxylic acids is 2. The van der Waals surface area contributed by atoms with Crippen molar-refractivity contribution >= 4 is 11.9 Å². The molecule has 1 aliphatic carbocycles. The Morgan fingerprint density at radius 1 is 1.35 bits per heavy atom. The SMILES string of the molecule is COCC(N)C(=O)NC1(C(=O)OC)CCCC1. The summed E-state index contributed by atoms with van der Waals surface area (Å²) < 4.78 is 9.56. The second-order valence-corrected chi connectivity index (χ2v) is 4.33. The van der Waals surface area contributed by atoms with Crippen molar-refractivity contribution in [1.82, 2.24) is 5.32 Å². The number of ether oxygens (including phenoxy) is 2. The van der Waals surface area contributed by atoms with Gasteiger partial charge in [0.15, 0.2) is 0 Å². The zero-order valence-corrected chi connectivity index (χ0v) is 10.3. The molecule has 1 saturated carbocycles. The van der Waals surface area contributed by atoms with Gasteiger partial charge in [-0.05, 0) is 12.8 Å². The molecule has 1 fully saturated rings. The van der Waals surface area contributed by atoms with Gasteiger partial charge in [-0.3, -0.25) is 4.79 Å². The highest BCUT2D eigenvalue weighted by Gasteiger charge is 2.44. The van der Waals surface area contributed by atoms with Crippen LogP contribution in [0.25, 0.3) is 0 Å². The molecule has 1 amide bonds. The van der Waals surface area contributed by atoms with Crippen LogP contribution in [0, 0.1) is 0 Å². The average Bonchev–Trinajstić information content (AvgIpc) is 2.78. The molecule has 1 atom stereocenters. The van der Waals surface area contributed by atoms with Gasteiger partial charge in [-0.1, -0.05) is 12.8 Å². The quantitative estimate of drug-likeness (QED) is 0.640. The van der Waals surface area contributed by atoms with Crippen molar-refractivity contribution in [3.63, 3.8) is 0 Å². The number of hydrogen-bond donors (Lipinski definition) is 2. The van der Waals surface area contributed by atoms with Crippen LogP contribution in [0.15, 0.2) is 0 Å². The molecule has 0 spiro atoms. The van der Waals surface area contributed by atoms with Gasteiger partial charge in [0.1, 0.15) is 11.6 Å². The summed E-state index contributed by atoms with van der Waals surface area (Å²) in [5.41, 5.74) is 4.73. The van der Waals surface area contributed by atoms with E-state index >= 15 is 0 Å². The van der Waals surface area contributed by atoms with Crippen molar-refractivity contribution in [3.8, 4) is 0 Å². The van der Waals surface area contributed by atoms with Crippen LogP contribution in [0.1, 0.15) is 25.7 Å². The summed E-state index contributed by atoms with van der Waals surface area (Å²) in [6.07, 6.45) is 3.00. The summed E-state index contributed by atoms with van der Waals surface area (Å²) in [5.74, 6) is -0.771. The zero-order valence-electron chi connectivity index (χ0n) is 10.3. The largest absolute Gasteiger partial charge is 0.467 e. The summed E-state index contributed by atoms with van der Waals surface area (Å²) in [7, 11) is 2.79. The van der Waals surface area contributed by atoms with Crippen LogP contribution in [0.3, 0.4) is 0 Å². The Morgan fingerprint density at radius 3 is 2.41 bits per heavy atom. The minimum atomic E-state index is -0.892. The number of nitrogens with one attached hydrogen (secondary N) is 1. The van der Waals surface area contributed by atoms with Gasteiger partial charge in [0.25, 0.3) is 0 Å². The first kappa shape index (κ1) is 13.9. The average molecular weight is 244 g/mol. The molecule has 3 N–H and O–H groups in total. The normalized spacial score (nSPS) is 19.7. The van der Waals surface area contributed by atoms with Crippen LogP contribution in [-0.2, 0) is 19.1 Å².